The molecule has 0 bridgehead atoms. The Bertz CT molecular complexity index is 327. The van der Waals surface area contributed by atoms with Gasteiger partial charge < -0.3 is 10.1 Å². The molecule has 1 aromatic rings. The average Bonchev–Trinajstić information content (AvgIpc) is 2.25. The molecule has 1 rings (SSSR count). The van der Waals surface area contributed by atoms with E-state index in [1.54, 1.807) is 6.20 Å². The molecule has 0 saturated carbocycles. The first-order chi connectivity index (χ1) is 7.87. The largest absolute Gasteiger partial charge is 0.492 e. The third kappa shape index (κ3) is 6.27. The topological polar surface area (TPSA) is 34.1 Å². The summed E-state index contributed by atoms with van der Waals surface area (Å²) in [5.74, 6) is 1.33. The summed E-state index contributed by atoms with van der Waals surface area (Å²) >= 11 is 0. The molecule has 3 nitrogen and oxygen atoms in total. The van der Waals surface area contributed by atoms with Crippen molar-refractivity contribution in [1.29, 1.82) is 0 Å². The van der Waals surface area contributed by atoms with Gasteiger partial charge in [0, 0.05) is 23.7 Å². The van der Waals surface area contributed by atoms with Crippen LogP contribution < -0.4 is 10.1 Å². The fraction of sp³-hybridized carbons (Fsp3) is 0.643. The first-order valence-corrected chi connectivity index (χ1v) is 6.17. The summed E-state index contributed by atoms with van der Waals surface area (Å²) in [6, 6.07) is 3.93. The van der Waals surface area contributed by atoms with Gasteiger partial charge in [0.15, 0.2) is 0 Å². The Morgan fingerprint density at radius 1 is 1.35 bits per heavy atom. The molecule has 1 heterocycles. The third-order valence-corrected chi connectivity index (χ3v) is 2.40. The SMILES string of the molecule is Cc1ccc(OCC(C)CNC(C)(C)C)cn1. The van der Waals surface area contributed by atoms with Gasteiger partial charge in [-0.3, -0.25) is 4.98 Å². The van der Waals surface area contributed by atoms with E-state index < -0.39 is 0 Å². The lowest BCUT2D eigenvalue weighted by Gasteiger charge is -2.23. The van der Waals surface area contributed by atoms with Crippen LogP contribution in [0.3, 0.4) is 0 Å². The zero-order valence-electron chi connectivity index (χ0n) is 11.6. The Kier molecular flexibility index (Phi) is 4.94. The van der Waals surface area contributed by atoms with E-state index in [4.69, 9.17) is 4.74 Å². The van der Waals surface area contributed by atoms with Crippen molar-refractivity contribution in [2.45, 2.75) is 40.2 Å². The molecular weight excluding hydrogens is 212 g/mol. The predicted octanol–water partition coefficient (Wildman–Crippen LogP) is 2.79. The molecule has 0 saturated heterocycles. The van der Waals surface area contributed by atoms with Crippen LogP contribution in [0, 0.1) is 12.8 Å². The molecule has 17 heavy (non-hydrogen) atoms. The zero-order chi connectivity index (χ0) is 12.9. The lowest BCUT2D eigenvalue weighted by molar-refractivity contribution is 0.243. The lowest BCUT2D eigenvalue weighted by Crippen LogP contribution is -2.39. The molecule has 0 fully saturated rings. The number of aromatic nitrogens is 1. The quantitative estimate of drug-likeness (QED) is 0.853. The van der Waals surface area contributed by atoms with Gasteiger partial charge in [0.25, 0.3) is 0 Å². The molecule has 0 aliphatic carbocycles. The standard InChI is InChI=1S/C14H24N2O/c1-11(8-16-14(3,4)5)10-17-13-7-6-12(2)15-9-13/h6-7,9,11,16H,8,10H2,1-5H3. The Morgan fingerprint density at radius 2 is 2.06 bits per heavy atom. The number of nitrogens with zero attached hydrogens (tertiary/aromatic N) is 1. The Hall–Kier alpha value is -1.09. The number of pyridine rings is 1. The summed E-state index contributed by atoms with van der Waals surface area (Å²) in [5.41, 5.74) is 1.18. The van der Waals surface area contributed by atoms with Gasteiger partial charge in [0.2, 0.25) is 0 Å². The third-order valence-electron chi connectivity index (χ3n) is 2.40. The van der Waals surface area contributed by atoms with E-state index in [2.05, 4.69) is 38.0 Å². The summed E-state index contributed by atoms with van der Waals surface area (Å²) in [6.07, 6.45) is 1.78. The van der Waals surface area contributed by atoms with Crippen molar-refractivity contribution in [3.8, 4) is 5.75 Å². The van der Waals surface area contributed by atoms with Crippen molar-refractivity contribution in [2.24, 2.45) is 5.92 Å². The van der Waals surface area contributed by atoms with Crippen LogP contribution in [0.15, 0.2) is 18.3 Å². The van der Waals surface area contributed by atoms with Crippen molar-refractivity contribution in [3.05, 3.63) is 24.0 Å². The number of rotatable bonds is 5. The van der Waals surface area contributed by atoms with E-state index in [1.165, 1.54) is 0 Å². The van der Waals surface area contributed by atoms with Crippen LogP contribution in [-0.4, -0.2) is 23.7 Å². The van der Waals surface area contributed by atoms with E-state index in [0.29, 0.717) is 12.5 Å². The molecule has 1 aromatic heterocycles. The highest BCUT2D eigenvalue weighted by Gasteiger charge is 2.11. The maximum atomic E-state index is 5.69. The molecule has 96 valence electrons. The molecule has 0 amide bonds. The molecular formula is C14H24N2O. The second-order valence-electron chi connectivity index (χ2n) is 5.68. The summed E-state index contributed by atoms with van der Waals surface area (Å²) in [7, 11) is 0. The van der Waals surface area contributed by atoms with E-state index in [0.717, 1.165) is 18.0 Å². The maximum absolute atomic E-state index is 5.69. The molecule has 0 aromatic carbocycles. The van der Waals surface area contributed by atoms with Crippen LogP contribution in [0.2, 0.25) is 0 Å². The molecule has 1 N–H and O–H groups in total. The number of hydrogen-bond acceptors (Lipinski definition) is 3. The zero-order valence-corrected chi connectivity index (χ0v) is 11.6. The molecule has 0 spiro atoms. The van der Waals surface area contributed by atoms with E-state index in [-0.39, 0.29) is 5.54 Å². The van der Waals surface area contributed by atoms with Gasteiger partial charge >= 0.3 is 0 Å². The normalized spacial score (nSPS) is 13.5. The minimum atomic E-state index is 0.166. The number of hydrogen-bond donors (Lipinski definition) is 1. The highest BCUT2D eigenvalue weighted by atomic mass is 16.5. The Labute approximate surface area is 105 Å². The molecule has 0 aliphatic rings. The van der Waals surface area contributed by atoms with Crippen LogP contribution in [0.1, 0.15) is 33.4 Å². The van der Waals surface area contributed by atoms with Crippen LogP contribution in [-0.2, 0) is 0 Å². The fourth-order valence-electron chi connectivity index (χ4n) is 1.32. The van der Waals surface area contributed by atoms with Gasteiger partial charge in [0.1, 0.15) is 5.75 Å². The highest BCUT2D eigenvalue weighted by Crippen LogP contribution is 2.10. The van der Waals surface area contributed by atoms with Crippen molar-refractivity contribution in [2.75, 3.05) is 13.2 Å². The maximum Gasteiger partial charge on any atom is 0.137 e. The van der Waals surface area contributed by atoms with Crippen LogP contribution >= 0.6 is 0 Å². The van der Waals surface area contributed by atoms with Crippen molar-refractivity contribution >= 4 is 0 Å². The van der Waals surface area contributed by atoms with Crippen molar-refractivity contribution in [1.82, 2.24) is 10.3 Å². The monoisotopic (exact) mass is 236 g/mol. The Balaban J connectivity index is 2.28. The second kappa shape index (κ2) is 6.01. The summed E-state index contributed by atoms with van der Waals surface area (Å²) in [4.78, 5) is 4.20. The first-order valence-electron chi connectivity index (χ1n) is 6.17. The van der Waals surface area contributed by atoms with Gasteiger partial charge in [-0.25, -0.2) is 0 Å². The van der Waals surface area contributed by atoms with Gasteiger partial charge in [-0.15, -0.1) is 0 Å². The summed E-state index contributed by atoms with van der Waals surface area (Å²) in [5, 5.41) is 3.47. The van der Waals surface area contributed by atoms with Crippen molar-refractivity contribution in [3.63, 3.8) is 0 Å². The summed E-state index contributed by atoms with van der Waals surface area (Å²) in [6.45, 7) is 12.3. The lowest BCUT2D eigenvalue weighted by atomic mass is 10.1. The van der Waals surface area contributed by atoms with Gasteiger partial charge in [-0.2, -0.15) is 0 Å². The van der Waals surface area contributed by atoms with E-state index >= 15 is 0 Å². The van der Waals surface area contributed by atoms with Gasteiger partial charge in [-0.1, -0.05) is 6.92 Å². The fourth-order valence-corrected chi connectivity index (χ4v) is 1.32. The first kappa shape index (κ1) is 14.0. The molecule has 3 heteroatoms. The molecule has 0 radical (unpaired) electrons. The minimum absolute atomic E-state index is 0.166. The number of ether oxygens (including phenoxy) is 1. The summed E-state index contributed by atoms with van der Waals surface area (Å²) < 4.78 is 5.69. The predicted molar refractivity (Wildman–Crippen MR) is 71.4 cm³/mol. The smallest absolute Gasteiger partial charge is 0.137 e. The highest BCUT2D eigenvalue weighted by molar-refractivity contribution is 5.18. The van der Waals surface area contributed by atoms with Crippen molar-refractivity contribution < 1.29 is 4.74 Å². The van der Waals surface area contributed by atoms with Gasteiger partial charge in [-0.05, 0) is 39.8 Å². The number of aryl methyl sites for hydroxylation is 1. The van der Waals surface area contributed by atoms with Crippen LogP contribution in [0.4, 0.5) is 0 Å². The minimum Gasteiger partial charge on any atom is -0.492 e. The van der Waals surface area contributed by atoms with E-state index in [9.17, 15) is 0 Å². The Morgan fingerprint density at radius 3 is 2.59 bits per heavy atom. The van der Waals surface area contributed by atoms with Crippen LogP contribution in [0.25, 0.3) is 0 Å². The number of nitrogens with one attached hydrogen (secondary N) is 1. The van der Waals surface area contributed by atoms with Gasteiger partial charge in [0.05, 0.1) is 12.8 Å². The second-order valence-corrected chi connectivity index (χ2v) is 5.68. The van der Waals surface area contributed by atoms with Crippen LogP contribution in [0.5, 0.6) is 5.75 Å². The van der Waals surface area contributed by atoms with E-state index in [1.807, 2.05) is 19.1 Å². The average molecular weight is 236 g/mol. The molecule has 0 aliphatic heterocycles. The molecule has 1 unspecified atom stereocenters. The molecule has 1 atom stereocenters.